The van der Waals surface area contributed by atoms with Crippen molar-refractivity contribution in [2.75, 3.05) is 31.4 Å². The number of halogens is 1. The molecule has 0 spiro atoms. The van der Waals surface area contributed by atoms with Crippen LogP contribution in [0.3, 0.4) is 0 Å². The van der Waals surface area contributed by atoms with Gasteiger partial charge in [-0.15, -0.1) is 0 Å². The molecule has 0 atom stereocenters. The van der Waals surface area contributed by atoms with Crippen LogP contribution in [0.5, 0.6) is 11.5 Å². The standard InChI is InChI=1S/C17H19FN2O3/c1-11-7-15(22-2)16(23-3)9-14(11)19-10-17(21)20-13-6-4-5-12(18)8-13/h4-9,19H,10H2,1-3H3,(H,20,21). The van der Waals surface area contributed by atoms with Gasteiger partial charge in [0.25, 0.3) is 0 Å². The molecule has 0 radical (unpaired) electrons. The topological polar surface area (TPSA) is 59.6 Å². The van der Waals surface area contributed by atoms with Gasteiger partial charge in [0.05, 0.1) is 20.8 Å². The van der Waals surface area contributed by atoms with Crippen LogP contribution in [0.15, 0.2) is 36.4 Å². The van der Waals surface area contributed by atoms with E-state index in [1.807, 2.05) is 13.0 Å². The summed E-state index contributed by atoms with van der Waals surface area (Å²) in [5, 5.41) is 5.66. The number of rotatable bonds is 6. The van der Waals surface area contributed by atoms with E-state index in [-0.39, 0.29) is 12.5 Å². The Kier molecular flexibility index (Phi) is 5.41. The van der Waals surface area contributed by atoms with Crippen molar-refractivity contribution in [3.05, 3.63) is 47.8 Å². The average molecular weight is 318 g/mol. The summed E-state index contributed by atoms with van der Waals surface area (Å²) < 4.78 is 23.5. The summed E-state index contributed by atoms with van der Waals surface area (Å²) >= 11 is 0. The summed E-state index contributed by atoms with van der Waals surface area (Å²) in [7, 11) is 3.12. The van der Waals surface area contributed by atoms with Gasteiger partial charge < -0.3 is 20.1 Å². The zero-order valence-electron chi connectivity index (χ0n) is 13.3. The highest BCUT2D eigenvalue weighted by molar-refractivity contribution is 5.93. The van der Waals surface area contributed by atoms with Gasteiger partial charge in [-0.3, -0.25) is 4.79 Å². The number of hydrogen-bond acceptors (Lipinski definition) is 4. The lowest BCUT2D eigenvalue weighted by molar-refractivity contribution is -0.114. The first-order chi connectivity index (χ1) is 11.0. The van der Waals surface area contributed by atoms with Crippen LogP contribution in [0, 0.1) is 12.7 Å². The number of hydrogen-bond donors (Lipinski definition) is 2. The number of carbonyl (C=O) groups is 1. The summed E-state index contributed by atoms with van der Waals surface area (Å²) in [6, 6.07) is 9.34. The third-order valence-corrected chi connectivity index (χ3v) is 3.28. The Labute approximate surface area is 134 Å². The molecule has 0 bridgehead atoms. The molecule has 122 valence electrons. The molecule has 0 aliphatic carbocycles. The number of aryl methyl sites for hydroxylation is 1. The molecule has 2 N–H and O–H groups in total. The van der Waals surface area contributed by atoms with E-state index >= 15 is 0 Å². The summed E-state index contributed by atoms with van der Waals surface area (Å²) in [6.45, 7) is 1.95. The minimum absolute atomic E-state index is 0.0484. The number of nitrogens with one attached hydrogen (secondary N) is 2. The lowest BCUT2D eigenvalue weighted by Gasteiger charge is -2.14. The van der Waals surface area contributed by atoms with E-state index in [0.717, 1.165) is 11.3 Å². The largest absolute Gasteiger partial charge is 0.493 e. The lowest BCUT2D eigenvalue weighted by Crippen LogP contribution is -2.22. The van der Waals surface area contributed by atoms with Crippen LogP contribution in [0.4, 0.5) is 15.8 Å². The average Bonchev–Trinajstić information content (AvgIpc) is 2.53. The van der Waals surface area contributed by atoms with Crippen LogP contribution in [-0.2, 0) is 4.79 Å². The predicted molar refractivity (Wildman–Crippen MR) is 87.8 cm³/mol. The second kappa shape index (κ2) is 7.49. The Balaban J connectivity index is 2.01. The molecule has 23 heavy (non-hydrogen) atoms. The van der Waals surface area contributed by atoms with Gasteiger partial charge in [-0.1, -0.05) is 6.07 Å². The van der Waals surface area contributed by atoms with Crippen LogP contribution < -0.4 is 20.1 Å². The molecular weight excluding hydrogens is 299 g/mol. The molecule has 5 nitrogen and oxygen atoms in total. The van der Waals surface area contributed by atoms with Crippen molar-refractivity contribution in [3.8, 4) is 11.5 Å². The second-order valence-electron chi connectivity index (χ2n) is 4.93. The molecular formula is C17H19FN2O3. The number of anilines is 2. The number of methoxy groups -OCH3 is 2. The van der Waals surface area contributed by atoms with Gasteiger partial charge in [0, 0.05) is 17.4 Å². The Morgan fingerprint density at radius 1 is 1.13 bits per heavy atom. The van der Waals surface area contributed by atoms with E-state index in [4.69, 9.17) is 9.47 Å². The molecule has 0 aliphatic heterocycles. The molecule has 0 saturated carbocycles. The SMILES string of the molecule is COc1cc(C)c(NCC(=O)Nc2cccc(F)c2)cc1OC. The van der Waals surface area contributed by atoms with E-state index in [1.165, 1.54) is 18.2 Å². The quantitative estimate of drug-likeness (QED) is 0.859. The minimum Gasteiger partial charge on any atom is -0.493 e. The zero-order chi connectivity index (χ0) is 16.8. The Hall–Kier alpha value is -2.76. The number of benzene rings is 2. The molecule has 0 aromatic heterocycles. The zero-order valence-corrected chi connectivity index (χ0v) is 13.3. The molecule has 6 heteroatoms. The van der Waals surface area contributed by atoms with Crippen LogP contribution >= 0.6 is 0 Å². The maximum Gasteiger partial charge on any atom is 0.243 e. The van der Waals surface area contributed by atoms with Crippen molar-refractivity contribution in [1.82, 2.24) is 0 Å². The smallest absolute Gasteiger partial charge is 0.243 e. The maximum absolute atomic E-state index is 13.1. The highest BCUT2D eigenvalue weighted by atomic mass is 19.1. The molecule has 0 aliphatic rings. The van der Waals surface area contributed by atoms with E-state index in [0.29, 0.717) is 17.2 Å². The normalized spacial score (nSPS) is 10.1. The third kappa shape index (κ3) is 4.35. The first kappa shape index (κ1) is 16.6. The molecule has 0 heterocycles. The Morgan fingerprint density at radius 3 is 2.48 bits per heavy atom. The Morgan fingerprint density at radius 2 is 1.83 bits per heavy atom. The summed E-state index contributed by atoms with van der Waals surface area (Å²) in [5.41, 5.74) is 2.10. The van der Waals surface area contributed by atoms with Gasteiger partial charge in [0.2, 0.25) is 5.91 Å². The maximum atomic E-state index is 13.1. The fourth-order valence-electron chi connectivity index (χ4n) is 2.12. The molecule has 2 aromatic carbocycles. The number of ether oxygens (including phenoxy) is 2. The summed E-state index contributed by atoms with van der Waals surface area (Å²) in [4.78, 5) is 11.9. The number of carbonyl (C=O) groups excluding carboxylic acids is 1. The van der Waals surface area contributed by atoms with Crippen molar-refractivity contribution in [2.24, 2.45) is 0 Å². The molecule has 2 rings (SSSR count). The van der Waals surface area contributed by atoms with Crippen molar-refractivity contribution < 1.29 is 18.7 Å². The van der Waals surface area contributed by atoms with Gasteiger partial charge in [0.1, 0.15) is 5.82 Å². The van der Waals surface area contributed by atoms with Crippen LogP contribution in [0.2, 0.25) is 0 Å². The third-order valence-electron chi connectivity index (χ3n) is 3.28. The molecule has 0 fully saturated rings. The van der Waals surface area contributed by atoms with Crippen LogP contribution in [0.1, 0.15) is 5.56 Å². The van der Waals surface area contributed by atoms with Gasteiger partial charge in [-0.2, -0.15) is 0 Å². The van der Waals surface area contributed by atoms with E-state index in [1.54, 1.807) is 26.4 Å². The van der Waals surface area contributed by atoms with Gasteiger partial charge >= 0.3 is 0 Å². The van der Waals surface area contributed by atoms with Crippen molar-refractivity contribution >= 4 is 17.3 Å². The molecule has 0 unspecified atom stereocenters. The second-order valence-corrected chi connectivity index (χ2v) is 4.93. The fourth-order valence-corrected chi connectivity index (χ4v) is 2.12. The van der Waals surface area contributed by atoms with Crippen molar-refractivity contribution in [2.45, 2.75) is 6.92 Å². The van der Waals surface area contributed by atoms with E-state index in [9.17, 15) is 9.18 Å². The first-order valence-electron chi connectivity index (χ1n) is 7.05. The van der Waals surface area contributed by atoms with E-state index in [2.05, 4.69) is 10.6 Å². The highest BCUT2D eigenvalue weighted by Crippen LogP contribution is 2.32. The van der Waals surface area contributed by atoms with Gasteiger partial charge in [0.15, 0.2) is 11.5 Å². The Bertz CT molecular complexity index is 704. The lowest BCUT2D eigenvalue weighted by atomic mass is 10.1. The molecule has 1 amide bonds. The van der Waals surface area contributed by atoms with Crippen molar-refractivity contribution in [3.63, 3.8) is 0 Å². The van der Waals surface area contributed by atoms with E-state index < -0.39 is 5.82 Å². The fraction of sp³-hybridized carbons (Fsp3) is 0.235. The summed E-state index contributed by atoms with van der Waals surface area (Å²) in [5.74, 6) is 0.530. The van der Waals surface area contributed by atoms with Crippen LogP contribution in [0.25, 0.3) is 0 Å². The first-order valence-corrected chi connectivity index (χ1v) is 7.05. The number of amides is 1. The monoisotopic (exact) mass is 318 g/mol. The highest BCUT2D eigenvalue weighted by Gasteiger charge is 2.10. The minimum atomic E-state index is -0.397. The molecule has 0 saturated heterocycles. The van der Waals surface area contributed by atoms with Crippen molar-refractivity contribution in [1.29, 1.82) is 0 Å². The van der Waals surface area contributed by atoms with Gasteiger partial charge in [-0.05, 0) is 36.8 Å². The predicted octanol–water partition coefficient (Wildman–Crippen LogP) is 3.20. The van der Waals surface area contributed by atoms with Gasteiger partial charge in [-0.25, -0.2) is 4.39 Å². The summed E-state index contributed by atoms with van der Waals surface area (Å²) in [6.07, 6.45) is 0. The van der Waals surface area contributed by atoms with Crippen LogP contribution in [-0.4, -0.2) is 26.7 Å². The molecule has 2 aromatic rings.